The van der Waals surface area contributed by atoms with Crippen LogP contribution in [0.15, 0.2) is 0 Å². The molecule has 0 radical (unpaired) electrons. The Kier molecular flexibility index (Phi) is 40.2. The molecule has 14 aliphatic rings. The van der Waals surface area contributed by atoms with Crippen molar-refractivity contribution in [3.05, 3.63) is 0 Å². The number of rotatable bonds is 20. The van der Waals surface area contributed by atoms with Gasteiger partial charge in [-0.2, -0.15) is 0 Å². The Hall–Kier alpha value is -2.28. The molecule has 14 fully saturated rings. The lowest BCUT2D eigenvalue weighted by Gasteiger charge is -2.54. The van der Waals surface area contributed by atoms with Crippen LogP contribution in [0.3, 0.4) is 0 Å². The number of fused-ring (bicyclic) bond motifs is 20. The van der Waals surface area contributed by atoms with Crippen LogP contribution in [0.4, 0.5) is 0 Å². The molecule has 20 atom stereocenters. The van der Waals surface area contributed by atoms with Gasteiger partial charge in [-0.05, 0) is 330 Å². The summed E-state index contributed by atoms with van der Waals surface area (Å²) in [6.45, 7) is 29.3. The SMILES string of the molecule is C.C.C.C.C.C.C.C.C.C.C.C.CCC(C)(C)C(=O)OC(C)OC1C2CC3CC(C2)CC1C3.CCC(C)(C)C(=O)OC(C)OC1CC2CC1C1C3CCC(C3)C21.CCC(C)(C)C(=O)OC(C)OC1CC2CCC1C2.CCC(C)(C)C(=O)OCOC1CC2CC1C1C3CCC(C3)C21. The first-order valence-corrected chi connectivity index (χ1v) is 35.1. The lowest BCUT2D eigenvalue weighted by molar-refractivity contribution is -0.224. The monoisotopic (exact) mass is 1370 g/mol. The largest absolute Gasteiger partial charge is 0.438 e. The lowest BCUT2D eigenvalue weighted by atomic mass is 9.55. The van der Waals surface area contributed by atoms with Crippen molar-refractivity contribution in [2.45, 2.75) is 384 Å². The summed E-state index contributed by atoms with van der Waals surface area (Å²) in [5, 5.41) is 0. The second-order valence-electron chi connectivity index (χ2n) is 32.9. The number of esters is 4. The quantitative estimate of drug-likeness (QED) is 0.0496. The molecular formula is C84H166O12. The zero-order valence-electron chi connectivity index (χ0n) is 55.3. The van der Waals surface area contributed by atoms with E-state index in [0.29, 0.717) is 42.2 Å². The molecular weight excluding hydrogens is 1200 g/mol. The third kappa shape index (κ3) is 20.8. The summed E-state index contributed by atoms with van der Waals surface area (Å²) in [6.07, 6.45) is 29.2. The summed E-state index contributed by atoms with van der Waals surface area (Å²) in [6, 6.07) is 0. The molecule has 14 aliphatic carbocycles. The van der Waals surface area contributed by atoms with Gasteiger partial charge in [-0.15, -0.1) is 0 Å². The topological polar surface area (TPSA) is 142 Å². The van der Waals surface area contributed by atoms with E-state index in [1.165, 1.54) is 116 Å². The van der Waals surface area contributed by atoms with Crippen LogP contribution in [0, 0.1) is 128 Å². The summed E-state index contributed by atoms with van der Waals surface area (Å²) >= 11 is 0. The summed E-state index contributed by atoms with van der Waals surface area (Å²) in [5.41, 5.74) is -1.64. The number of carbonyl (C=O) groups is 4. The Morgan fingerprint density at radius 3 is 1.03 bits per heavy atom. The maximum atomic E-state index is 12.2. The van der Waals surface area contributed by atoms with Crippen molar-refractivity contribution in [1.82, 2.24) is 0 Å². The van der Waals surface area contributed by atoms with Gasteiger partial charge in [0.05, 0.1) is 46.1 Å². The Balaban J connectivity index is -0.00000116. The smallest absolute Gasteiger partial charge is 0.313 e. The van der Waals surface area contributed by atoms with Crippen molar-refractivity contribution in [2.75, 3.05) is 6.79 Å². The van der Waals surface area contributed by atoms with E-state index in [4.69, 9.17) is 37.9 Å². The Bertz CT molecular complexity index is 2250. The molecule has 14 bridgehead atoms. The summed E-state index contributed by atoms with van der Waals surface area (Å²) in [5.74, 6) is 15.5. The maximum absolute atomic E-state index is 12.2. The van der Waals surface area contributed by atoms with Gasteiger partial charge >= 0.3 is 23.9 Å². The fourth-order valence-corrected chi connectivity index (χ4v) is 20.5. The van der Waals surface area contributed by atoms with Crippen LogP contribution in [0.25, 0.3) is 0 Å². The van der Waals surface area contributed by atoms with Gasteiger partial charge < -0.3 is 37.9 Å². The van der Waals surface area contributed by atoms with E-state index in [0.717, 1.165) is 121 Å². The highest BCUT2D eigenvalue weighted by Crippen LogP contribution is 2.69. The second kappa shape index (κ2) is 39.4. The van der Waals surface area contributed by atoms with Crippen molar-refractivity contribution in [3.8, 4) is 0 Å². The molecule has 20 unspecified atom stereocenters. The third-order valence-electron chi connectivity index (χ3n) is 26.3. The van der Waals surface area contributed by atoms with E-state index in [1.807, 2.05) is 104 Å². The molecule has 0 aromatic carbocycles. The number of carbonyl (C=O) groups excluding carboxylic acids is 4. The molecule has 0 heterocycles. The van der Waals surface area contributed by atoms with Crippen LogP contribution in [-0.4, -0.2) is 74.0 Å². The highest BCUT2D eigenvalue weighted by atomic mass is 16.7. The van der Waals surface area contributed by atoms with Gasteiger partial charge in [-0.3, -0.25) is 19.2 Å². The minimum absolute atomic E-state index is 0. The van der Waals surface area contributed by atoms with Crippen LogP contribution in [0.2, 0.25) is 0 Å². The van der Waals surface area contributed by atoms with Gasteiger partial charge in [0.1, 0.15) is 0 Å². The van der Waals surface area contributed by atoms with Crippen molar-refractivity contribution in [1.29, 1.82) is 0 Å². The van der Waals surface area contributed by atoms with E-state index >= 15 is 0 Å². The Morgan fingerprint density at radius 2 is 0.656 bits per heavy atom. The van der Waals surface area contributed by atoms with Gasteiger partial charge in [0.2, 0.25) is 0 Å². The molecule has 0 N–H and O–H groups in total. The van der Waals surface area contributed by atoms with Crippen LogP contribution in [-0.2, 0) is 57.1 Å². The van der Waals surface area contributed by atoms with E-state index in [2.05, 4.69) is 0 Å². The fraction of sp³-hybridized carbons (Fsp3) is 0.952. The number of hydrogen-bond acceptors (Lipinski definition) is 12. The molecule has 12 nitrogen and oxygen atoms in total. The molecule has 0 saturated heterocycles. The Morgan fingerprint density at radius 1 is 0.323 bits per heavy atom. The predicted octanol–water partition coefficient (Wildman–Crippen LogP) is 23.7. The van der Waals surface area contributed by atoms with Crippen molar-refractivity contribution in [2.24, 2.45) is 128 Å². The normalized spacial score (nSPS) is 35.9. The standard InChI is InChI=1S/C20H32O3.C19H30O3.C18H30O3.C15H26O3.12CH4/c1-5-20(3,4)19(21)23-11(2)22-16-10-14-9-15(16)18-13-7-6-12(8-13)17(14)18;1-4-19(2,3)18(20)22-10-21-15-9-13-8-14(15)17-12-6-5-11(7-12)16(13)17;1-5-18(3,4)17(19)21-11(2)20-16-14-7-12-6-13(9-14)10-15(16)8-12;1-5-15(3,4)14(16)18-10(2)17-13-9-11-6-7-12(13)8-11;;;;;;;;;;;;/h11-18H,5-10H2,1-4H3;11-17H,4-10H2,1-3H3;11-16H,5-10H2,1-4H3;10-13H,5-9H2,1-4H3;12*1H4. The predicted molar refractivity (Wildman–Crippen MR) is 405 cm³/mol. The van der Waals surface area contributed by atoms with Crippen LogP contribution < -0.4 is 0 Å². The number of ether oxygens (including phenoxy) is 8. The fourth-order valence-electron chi connectivity index (χ4n) is 20.5. The molecule has 0 aromatic heterocycles. The average Bonchev–Trinajstić information content (AvgIpc) is 1.55. The second-order valence-corrected chi connectivity index (χ2v) is 32.9. The summed E-state index contributed by atoms with van der Waals surface area (Å²) in [7, 11) is 0. The first-order chi connectivity index (χ1) is 39.7. The van der Waals surface area contributed by atoms with Gasteiger partial charge in [0.25, 0.3) is 0 Å². The molecule has 14 saturated carbocycles. The van der Waals surface area contributed by atoms with Gasteiger partial charge in [0.15, 0.2) is 25.7 Å². The first-order valence-electron chi connectivity index (χ1n) is 35.1. The van der Waals surface area contributed by atoms with E-state index < -0.39 is 40.5 Å². The molecule has 14 rings (SSSR count). The first kappa shape index (κ1) is 97.9. The zero-order valence-corrected chi connectivity index (χ0v) is 55.3. The molecule has 0 aliphatic heterocycles. The molecule has 12 heteroatoms. The maximum Gasteiger partial charge on any atom is 0.313 e. The van der Waals surface area contributed by atoms with Crippen LogP contribution >= 0.6 is 0 Å². The molecule has 96 heavy (non-hydrogen) atoms. The summed E-state index contributed by atoms with van der Waals surface area (Å²) < 4.78 is 46.3. The highest BCUT2D eigenvalue weighted by molar-refractivity contribution is 5.77. The van der Waals surface area contributed by atoms with E-state index in [-0.39, 0.29) is 120 Å². The average molecular weight is 1370 g/mol. The van der Waals surface area contributed by atoms with Crippen LogP contribution in [0.1, 0.15) is 341 Å². The number of hydrogen-bond donors (Lipinski definition) is 0. The minimum Gasteiger partial charge on any atom is -0.438 e. The third-order valence-corrected chi connectivity index (χ3v) is 26.3. The van der Waals surface area contributed by atoms with Gasteiger partial charge in [0, 0.05) is 0 Å². The zero-order chi connectivity index (χ0) is 60.4. The lowest BCUT2D eigenvalue weighted by Crippen LogP contribution is -2.50. The summed E-state index contributed by atoms with van der Waals surface area (Å²) in [4.78, 5) is 48.3. The van der Waals surface area contributed by atoms with Crippen LogP contribution in [0.5, 0.6) is 0 Å². The van der Waals surface area contributed by atoms with E-state index in [1.54, 1.807) is 0 Å². The van der Waals surface area contributed by atoms with E-state index in [9.17, 15) is 19.2 Å². The molecule has 0 spiro atoms. The highest BCUT2D eigenvalue weighted by Gasteiger charge is 2.64. The van der Waals surface area contributed by atoms with Gasteiger partial charge in [-0.1, -0.05) is 117 Å². The minimum atomic E-state index is -0.415. The van der Waals surface area contributed by atoms with Crippen molar-refractivity contribution >= 4 is 23.9 Å². The van der Waals surface area contributed by atoms with Gasteiger partial charge in [-0.25, -0.2) is 0 Å². The Labute approximate surface area is 597 Å². The molecule has 0 amide bonds. The van der Waals surface area contributed by atoms with Crippen molar-refractivity contribution in [3.63, 3.8) is 0 Å². The van der Waals surface area contributed by atoms with Crippen molar-refractivity contribution < 1.29 is 57.1 Å². The molecule has 574 valence electrons. The molecule has 0 aromatic rings.